The lowest BCUT2D eigenvalue weighted by atomic mass is 9.97. The van der Waals surface area contributed by atoms with Gasteiger partial charge in [-0.15, -0.1) is 0 Å². The van der Waals surface area contributed by atoms with E-state index in [-0.39, 0.29) is 12.0 Å². The van der Waals surface area contributed by atoms with E-state index < -0.39 is 80.4 Å². The van der Waals surface area contributed by atoms with Crippen LogP contribution in [-0.2, 0) is 29.0 Å². The van der Waals surface area contributed by atoms with Crippen LogP contribution in [0.2, 0.25) is 0 Å². The van der Waals surface area contributed by atoms with Gasteiger partial charge < -0.3 is 30.3 Å². The molecular weight excluding hydrogens is 480 g/mol. The monoisotopic (exact) mass is 500 g/mol. The van der Waals surface area contributed by atoms with Crippen molar-refractivity contribution >= 4 is 39.6 Å². The first-order valence-electron chi connectivity index (χ1n) is 9.59. The highest BCUT2D eigenvalue weighted by Crippen LogP contribution is 2.46. The molecule has 0 bridgehead atoms. The van der Waals surface area contributed by atoms with E-state index in [1.807, 2.05) is 10.9 Å². The molecule has 0 spiro atoms. The molecule has 0 radical (unpaired) electrons. The van der Waals surface area contributed by atoms with E-state index in [2.05, 4.69) is 5.32 Å². The summed E-state index contributed by atoms with van der Waals surface area (Å²) in [6.45, 7) is -0.475. The summed E-state index contributed by atoms with van der Waals surface area (Å²) in [5, 5.41) is 28.9. The lowest BCUT2D eigenvalue weighted by molar-refractivity contribution is -0.158. The van der Waals surface area contributed by atoms with Gasteiger partial charge in [0.25, 0.3) is 11.8 Å². The number of carboxylic acids is 1. The Balaban J connectivity index is 1.50. The molecule has 15 nitrogen and oxygen atoms in total. The Labute approximate surface area is 191 Å². The summed E-state index contributed by atoms with van der Waals surface area (Å²) in [6, 6.07) is 1.48. The molecule has 184 valence electrons. The summed E-state index contributed by atoms with van der Waals surface area (Å²) in [5.74, 6) is -4.89. The Kier molecular flexibility index (Phi) is 6.28. The van der Waals surface area contributed by atoms with Gasteiger partial charge in [-0.25, -0.2) is 23.4 Å². The largest absolute Gasteiger partial charge is 0.504 e. The molecule has 2 fully saturated rings. The number of carbonyl (C=O) groups is 5. The van der Waals surface area contributed by atoms with Gasteiger partial charge in [-0.3, -0.25) is 19.8 Å². The predicted molar refractivity (Wildman–Crippen MR) is 109 cm³/mol. The van der Waals surface area contributed by atoms with Crippen LogP contribution in [0.4, 0.5) is 4.79 Å². The number of phenols is 2. The van der Waals surface area contributed by atoms with Gasteiger partial charge in [0.05, 0.1) is 13.0 Å². The number of fused-ring (bicyclic) bond motifs is 1. The van der Waals surface area contributed by atoms with Crippen molar-refractivity contribution in [2.75, 3.05) is 13.2 Å². The normalized spacial score (nSPS) is 24.4. The zero-order valence-corrected chi connectivity index (χ0v) is 18.3. The van der Waals surface area contributed by atoms with Gasteiger partial charge in [-0.05, 0) is 25.1 Å². The van der Waals surface area contributed by atoms with Crippen LogP contribution in [0.5, 0.6) is 11.5 Å². The van der Waals surface area contributed by atoms with E-state index >= 15 is 0 Å². The van der Waals surface area contributed by atoms with Gasteiger partial charge in [0.2, 0.25) is 5.91 Å². The first-order valence-corrected chi connectivity index (χ1v) is 11.1. The first kappa shape index (κ1) is 24.6. The number of sulfone groups is 1. The average Bonchev–Trinajstić information content (AvgIpc) is 2.91. The molecule has 0 aliphatic carbocycles. The molecular formula is C18H20N4O11S. The van der Waals surface area contributed by atoms with Crippen molar-refractivity contribution in [3.8, 4) is 11.5 Å². The molecule has 6 N–H and O–H groups in total. The maximum atomic E-state index is 12.7. The Morgan fingerprint density at radius 2 is 1.85 bits per heavy atom. The Hall–Kier alpha value is -4.08. The number of amides is 4. The number of carboxylic acid groups (broad SMARTS) is 1. The van der Waals surface area contributed by atoms with E-state index in [9.17, 15) is 47.7 Å². The van der Waals surface area contributed by atoms with Gasteiger partial charge in [0, 0.05) is 5.56 Å². The number of hydrazine groups is 1. The number of hydrogen-bond acceptors (Lipinski definition) is 10. The van der Waals surface area contributed by atoms with Gasteiger partial charge >= 0.3 is 12.1 Å². The molecule has 1 aromatic carbocycles. The van der Waals surface area contributed by atoms with E-state index in [1.54, 1.807) is 0 Å². The van der Waals surface area contributed by atoms with E-state index in [0.717, 1.165) is 24.0 Å². The zero-order valence-electron chi connectivity index (χ0n) is 17.5. The molecule has 0 aromatic heterocycles. The van der Waals surface area contributed by atoms with Crippen LogP contribution in [0.1, 0.15) is 23.7 Å². The SMILES string of the molecule is C[C@]1(COC(=O)NNC(=O)CNC(=O)c2ccc(O)c(O)c2)[C@H](C(=O)O)N2C(=O)C[C@H]2S1(=O)=O. The van der Waals surface area contributed by atoms with Crippen LogP contribution in [0.3, 0.4) is 0 Å². The van der Waals surface area contributed by atoms with Gasteiger partial charge in [0.1, 0.15) is 16.7 Å². The minimum absolute atomic E-state index is 0.0577. The maximum absolute atomic E-state index is 12.7. The fourth-order valence-corrected chi connectivity index (χ4v) is 5.88. The second-order valence-electron chi connectivity index (χ2n) is 7.69. The predicted octanol–water partition coefficient (Wildman–Crippen LogP) is -2.22. The van der Waals surface area contributed by atoms with Crippen LogP contribution in [-0.4, -0.2) is 87.7 Å². The lowest BCUT2D eigenvalue weighted by Crippen LogP contribution is -2.58. The molecule has 1 aromatic rings. The molecule has 0 unspecified atom stereocenters. The molecule has 0 saturated carbocycles. The van der Waals surface area contributed by atoms with Crippen molar-refractivity contribution in [3.63, 3.8) is 0 Å². The summed E-state index contributed by atoms with van der Waals surface area (Å²) < 4.78 is 28.1. The minimum atomic E-state index is -4.18. The molecule has 34 heavy (non-hydrogen) atoms. The van der Waals surface area contributed by atoms with E-state index in [1.165, 1.54) is 6.07 Å². The number of hydrogen-bond donors (Lipinski definition) is 6. The highest BCUT2D eigenvalue weighted by Gasteiger charge is 2.70. The lowest BCUT2D eigenvalue weighted by Gasteiger charge is -2.35. The molecule has 3 rings (SSSR count). The summed E-state index contributed by atoms with van der Waals surface area (Å²) >= 11 is 0. The number of nitrogens with one attached hydrogen (secondary N) is 3. The molecule has 2 aliphatic rings. The van der Waals surface area contributed by atoms with Crippen LogP contribution >= 0.6 is 0 Å². The van der Waals surface area contributed by atoms with Crippen molar-refractivity contribution in [2.24, 2.45) is 0 Å². The van der Waals surface area contributed by atoms with E-state index in [4.69, 9.17) is 4.74 Å². The Morgan fingerprint density at radius 1 is 1.18 bits per heavy atom. The third kappa shape index (κ3) is 4.14. The second kappa shape index (κ2) is 8.69. The third-order valence-corrected chi connectivity index (χ3v) is 8.24. The second-order valence-corrected chi connectivity index (χ2v) is 10.3. The molecule has 3 atom stereocenters. The highest BCUT2D eigenvalue weighted by atomic mass is 32.2. The number of aliphatic carboxylic acids is 1. The van der Waals surface area contributed by atoms with Crippen molar-refractivity contribution in [2.45, 2.75) is 29.5 Å². The number of ether oxygens (including phenoxy) is 1. The average molecular weight is 500 g/mol. The van der Waals surface area contributed by atoms with Crippen molar-refractivity contribution in [1.82, 2.24) is 21.1 Å². The van der Waals surface area contributed by atoms with Gasteiger partial charge in [-0.2, -0.15) is 0 Å². The van der Waals surface area contributed by atoms with Crippen molar-refractivity contribution in [1.29, 1.82) is 0 Å². The third-order valence-electron chi connectivity index (χ3n) is 5.49. The maximum Gasteiger partial charge on any atom is 0.426 e. The Bertz CT molecular complexity index is 1180. The number of aromatic hydroxyl groups is 2. The van der Waals surface area contributed by atoms with Crippen molar-refractivity contribution in [3.05, 3.63) is 23.8 Å². The van der Waals surface area contributed by atoms with Crippen LogP contribution in [0, 0.1) is 0 Å². The molecule has 2 heterocycles. The summed E-state index contributed by atoms with van der Waals surface area (Å²) in [7, 11) is -4.18. The summed E-state index contributed by atoms with van der Waals surface area (Å²) in [5.41, 5.74) is 3.65. The minimum Gasteiger partial charge on any atom is -0.504 e. The quantitative estimate of drug-likeness (QED) is 0.139. The topological polar surface area (TPSA) is 229 Å². The van der Waals surface area contributed by atoms with Crippen LogP contribution in [0.15, 0.2) is 18.2 Å². The standard InChI is InChI=1S/C18H20N4O11S/c1-18(14(16(28)29)22-12(26)5-13(22)34(18,31)32)7-33-17(30)21-20-11(25)6-19-15(27)8-2-3-9(23)10(24)4-8/h2-4,13-14,23-24H,5-7H2,1H3,(H,19,27)(H,20,25)(H,21,30)(H,28,29)/t13-,14+,18+/m1/s1. The number of phenolic OH excluding ortho intramolecular Hbond substituents is 2. The first-order chi connectivity index (χ1) is 15.8. The van der Waals surface area contributed by atoms with Crippen molar-refractivity contribution < 1.29 is 52.4 Å². The highest BCUT2D eigenvalue weighted by molar-refractivity contribution is 7.94. The molecule has 2 saturated heterocycles. The zero-order chi connectivity index (χ0) is 25.4. The fourth-order valence-electron chi connectivity index (χ4n) is 3.61. The molecule has 2 aliphatic heterocycles. The molecule has 4 amide bonds. The number of carbonyl (C=O) groups excluding carboxylic acids is 4. The number of rotatable bonds is 6. The van der Waals surface area contributed by atoms with E-state index in [0.29, 0.717) is 0 Å². The van der Waals surface area contributed by atoms with Gasteiger partial charge in [-0.1, -0.05) is 0 Å². The van der Waals surface area contributed by atoms with Crippen LogP contribution < -0.4 is 16.2 Å². The van der Waals surface area contributed by atoms with Crippen LogP contribution in [0.25, 0.3) is 0 Å². The number of β-lactam (4-membered cyclic amide) rings is 1. The smallest absolute Gasteiger partial charge is 0.426 e. The molecule has 16 heteroatoms. The number of benzene rings is 1. The van der Waals surface area contributed by atoms with Gasteiger partial charge in [0.15, 0.2) is 27.4 Å². The summed E-state index contributed by atoms with van der Waals surface area (Å²) in [6.07, 6.45) is -1.68. The Morgan fingerprint density at radius 3 is 2.44 bits per heavy atom. The fraction of sp³-hybridized carbons (Fsp3) is 0.389. The number of nitrogens with zero attached hydrogens (tertiary/aromatic N) is 1. The summed E-state index contributed by atoms with van der Waals surface area (Å²) in [4.78, 5) is 59.7.